The number of ether oxygens (including phenoxy) is 3. The number of benzene rings is 3. The van der Waals surface area contributed by atoms with Crippen LogP contribution in [0, 0.1) is 10.1 Å². The summed E-state index contributed by atoms with van der Waals surface area (Å²) in [6, 6.07) is 21.6. The van der Waals surface area contributed by atoms with E-state index in [9.17, 15) is 0 Å². The van der Waals surface area contributed by atoms with E-state index in [2.05, 4.69) is 17.1 Å². The summed E-state index contributed by atoms with van der Waals surface area (Å²) in [6.45, 7) is 1.03. The highest BCUT2D eigenvalue weighted by molar-refractivity contribution is 6.48. The number of aromatic nitrogens is 2. The van der Waals surface area contributed by atoms with Crippen LogP contribution in [0.3, 0.4) is 0 Å². The van der Waals surface area contributed by atoms with Crippen LogP contribution in [0.25, 0.3) is 11.1 Å². The van der Waals surface area contributed by atoms with E-state index < -0.39 is 10.9 Å². The highest BCUT2D eigenvalue weighted by atomic mass is 35.5. The lowest BCUT2D eigenvalue weighted by atomic mass is 10.1. The molecule has 0 unspecified atom stereocenters. The average Bonchev–Trinajstić information content (AvgIpc) is 3.57. The molecule has 12 heteroatoms. The van der Waals surface area contributed by atoms with Gasteiger partial charge < -0.3 is 24.0 Å². The molecule has 0 bridgehead atoms. The molecule has 0 radical (unpaired) electrons. The van der Waals surface area contributed by atoms with Crippen molar-refractivity contribution >= 4 is 34.8 Å². The fraction of sp³-hybridized carbons (Fsp3) is 0.192. The maximum absolute atomic E-state index is 8.36. The van der Waals surface area contributed by atoms with Gasteiger partial charge in [-0.05, 0) is 35.4 Å². The van der Waals surface area contributed by atoms with Gasteiger partial charge in [-0.15, -0.1) is 10.1 Å². The minimum Gasteiger partial charge on any atom is -0.491 e. The Balaban J connectivity index is 0.000000786. The van der Waals surface area contributed by atoms with Crippen LogP contribution in [-0.4, -0.2) is 39.2 Å². The van der Waals surface area contributed by atoms with Crippen LogP contribution in [0.5, 0.6) is 5.75 Å². The van der Waals surface area contributed by atoms with E-state index in [1.165, 1.54) is 0 Å². The Hall–Kier alpha value is -3.34. The van der Waals surface area contributed by atoms with Crippen LogP contribution >= 0.6 is 34.8 Å². The van der Waals surface area contributed by atoms with E-state index >= 15 is 0 Å². The minimum absolute atomic E-state index is 0.293. The largest absolute Gasteiger partial charge is 0.491 e. The molecule has 1 aliphatic rings. The van der Waals surface area contributed by atoms with Crippen molar-refractivity contribution in [3.63, 3.8) is 0 Å². The average molecular weight is 579 g/mol. The van der Waals surface area contributed by atoms with Gasteiger partial charge in [0.2, 0.25) is 5.79 Å². The molecule has 198 valence electrons. The number of imidazole rings is 1. The first-order chi connectivity index (χ1) is 18.3. The Labute approximate surface area is 233 Å². The molecule has 5 rings (SSSR count). The molecule has 9 nitrogen and oxygen atoms in total. The quantitative estimate of drug-likeness (QED) is 0.151. The van der Waals surface area contributed by atoms with Gasteiger partial charge in [0.25, 0.3) is 5.09 Å². The Morgan fingerprint density at radius 2 is 1.71 bits per heavy atom. The van der Waals surface area contributed by atoms with Gasteiger partial charge in [0.15, 0.2) is 0 Å². The number of halogens is 3. The predicted molar refractivity (Wildman–Crippen MR) is 142 cm³/mol. The first-order valence-corrected chi connectivity index (χ1v) is 12.4. The molecule has 2 atom stereocenters. The SMILES string of the molecule is Clc1cc([C@]2(Cn3ccnc3)OC[C@H](COc3ccc(-c4ccccc4)cc3)O2)cc(Cl)c1Cl.O=[N+]([O-])O. The molecule has 1 aliphatic heterocycles. The molecule has 1 N–H and O–H groups in total. The third kappa shape index (κ3) is 6.94. The van der Waals surface area contributed by atoms with E-state index in [1.807, 2.05) is 53.2 Å². The van der Waals surface area contributed by atoms with Gasteiger partial charge in [-0.2, -0.15) is 0 Å². The summed E-state index contributed by atoms with van der Waals surface area (Å²) in [7, 11) is 0. The highest BCUT2D eigenvalue weighted by Crippen LogP contribution is 2.41. The Morgan fingerprint density at radius 3 is 2.32 bits per heavy atom. The monoisotopic (exact) mass is 577 g/mol. The number of rotatable bonds is 7. The van der Waals surface area contributed by atoms with Crippen LogP contribution in [-0.2, 0) is 21.8 Å². The normalized spacial score (nSPS) is 18.4. The molecule has 3 aromatic carbocycles. The van der Waals surface area contributed by atoms with Crippen molar-refractivity contribution in [3.8, 4) is 16.9 Å². The zero-order valence-corrected chi connectivity index (χ0v) is 22.0. The maximum Gasteiger partial charge on any atom is 0.291 e. The van der Waals surface area contributed by atoms with Crippen LogP contribution in [0.15, 0.2) is 85.5 Å². The third-order valence-corrected chi connectivity index (χ3v) is 6.83. The topological polar surface area (TPSA) is 109 Å². The van der Waals surface area contributed by atoms with Crippen LogP contribution in [0.2, 0.25) is 15.1 Å². The smallest absolute Gasteiger partial charge is 0.291 e. The van der Waals surface area contributed by atoms with Crippen molar-refractivity contribution in [2.24, 2.45) is 0 Å². The summed E-state index contributed by atoms with van der Waals surface area (Å²) < 4.78 is 20.5. The summed E-state index contributed by atoms with van der Waals surface area (Å²) >= 11 is 18.8. The Bertz CT molecular complexity index is 1330. The van der Waals surface area contributed by atoms with E-state index in [4.69, 9.17) is 64.3 Å². The second-order valence-corrected chi connectivity index (χ2v) is 9.42. The summed E-state index contributed by atoms with van der Waals surface area (Å²) in [5.41, 5.74) is 2.96. The number of nitrogens with zero attached hydrogens (tertiary/aromatic N) is 3. The van der Waals surface area contributed by atoms with Gasteiger partial charge in [-0.3, -0.25) is 0 Å². The standard InChI is InChI=1S/C26H21Cl3N2O3.HNO3/c27-23-12-20(13-24(28)25(23)29)26(16-31-11-10-30-17-31)33-15-22(34-26)14-32-21-8-6-19(7-9-21)18-4-2-1-3-5-18;2-1(3)4/h1-13,17,22H,14-16H2;(H,2,3,4)/t22-,26+;/m0./s1. The van der Waals surface area contributed by atoms with E-state index in [0.717, 1.165) is 16.9 Å². The van der Waals surface area contributed by atoms with E-state index in [1.54, 1.807) is 24.7 Å². The lowest BCUT2D eigenvalue weighted by Gasteiger charge is -2.29. The van der Waals surface area contributed by atoms with Crippen LogP contribution < -0.4 is 4.74 Å². The molecule has 0 amide bonds. The first-order valence-electron chi connectivity index (χ1n) is 11.3. The predicted octanol–water partition coefficient (Wildman–Crippen LogP) is 6.51. The molecule has 4 aromatic rings. The van der Waals surface area contributed by atoms with Gasteiger partial charge in [0.05, 0.1) is 34.5 Å². The second kappa shape index (κ2) is 12.5. The third-order valence-electron chi connectivity index (χ3n) is 5.63. The maximum atomic E-state index is 8.36. The van der Waals surface area contributed by atoms with Crippen LogP contribution in [0.1, 0.15) is 5.56 Å². The summed E-state index contributed by atoms with van der Waals surface area (Å²) in [6.07, 6.45) is 4.94. The summed E-state index contributed by atoms with van der Waals surface area (Å²) in [5, 5.41) is 14.6. The first kappa shape index (κ1) is 27.7. The zero-order chi connectivity index (χ0) is 27.1. The summed E-state index contributed by atoms with van der Waals surface area (Å²) in [5.74, 6) is -0.350. The van der Waals surface area contributed by atoms with Crippen LogP contribution in [0.4, 0.5) is 0 Å². The van der Waals surface area contributed by atoms with Gasteiger partial charge in [-0.25, -0.2) is 4.98 Å². The fourth-order valence-electron chi connectivity index (χ4n) is 3.93. The van der Waals surface area contributed by atoms with Gasteiger partial charge in [0, 0.05) is 18.0 Å². The Morgan fingerprint density at radius 1 is 1.08 bits per heavy atom. The molecule has 1 saturated heterocycles. The van der Waals surface area contributed by atoms with Crippen molar-refractivity contribution in [1.29, 1.82) is 0 Å². The molecule has 1 aromatic heterocycles. The van der Waals surface area contributed by atoms with Gasteiger partial charge >= 0.3 is 0 Å². The molecule has 1 fully saturated rings. The molecular formula is C26H22Cl3N3O6. The molecule has 2 heterocycles. The second-order valence-electron chi connectivity index (χ2n) is 8.23. The van der Waals surface area contributed by atoms with Crippen molar-refractivity contribution < 1.29 is 24.5 Å². The van der Waals surface area contributed by atoms with Crippen molar-refractivity contribution in [3.05, 3.63) is 116 Å². The zero-order valence-electron chi connectivity index (χ0n) is 19.7. The highest BCUT2D eigenvalue weighted by Gasteiger charge is 2.44. The van der Waals surface area contributed by atoms with Crippen molar-refractivity contribution in [2.75, 3.05) is 13.2 Å². The molecule has 0 aliphatic carbocycles. The number of hydrogen-bond donors (Lipinski definition) is 1. The van der Waals surface area contributed by atoms with E-state index in [-0.39, 0.29) is 6.10 Å². The van der Waals surface area contributed by atoms with Crippen molar-refractivity contribution in [2.45, 2.75) is 18.4 Å². The van der Waals surface area contributed by atoms with Gasteiger partial charge in [-0.1, -0.05) is 77.3 Å². The lowest BCUT2D eigenvalue weighted by Crippen LogP contribution is -2.34. The molecule has 0 spiro atoms. The molecular weight excluding hydrogens is 557 g/mol. The lowest BCUT2D eigenvalue weighted by molar-refractivity contribution is -0.742. The van der Waals surface area contributed by atoms with Crippen molar-refractivity contribution in [1.82, 2.24) is 9.55 Å². The Kier molecular flexibility index (Phi) is 9.09. The number of hydrogen-bond acceptors (Lipinski definition) is 6. The fourth-order valence-corrected chi connectivity index (χ4v) is 4.53. The molecule has 38 heavy (non-hydrogen) atoms. The molecule has 0 saturated carbocycles. The summed E-state index contributed by atoms with van der Waals surface area (Å²) in [4.78, 5) is 12.5. The van der Waals surface area contributed by atoms with E-state index in [0.29, 0.717) is 40.4 Å². The minimum atomic E-state index is -1.50. The van der Waals surface area contributed by atoms with Gasteiger partial charge in [0.1, 0.15) is 18.5 Å².